The van der Waals surface area contributed by atoms with Gasteiger partial charge in [-0.3, -0.25) is 9.69 Å². The number of hydrogen-bond donors (Lipinski definition) is 0. The Balaban J connectivity index is 2.28. The third-order valence-corrected chi connectivity index (χ3v) is 3.31. The highest BCUT2D eigenvalue weighted by Crippen LogP contribution is 2.17. The van der Waals surface area contributed by atoms with Crippen LogP contribution in [0.15, 0.2) is 42.5 Å². The van der Waals surface area contributed by atoms with Gasteiger partial charge in [-0.2, -0.15) is 4.98 Å². The van der Waals surface area contributed by atoms with E-state index in [-0.39, 0.29) is 5.91 Å². The fourth-order valence-corrected chi connectivity index (χ4v) is 2.17. The van der Waals surface area contributed by atoms with Crippen molar-refractivity contribution in [2.45, 2.75) is 0 Å². The van der Waals surface area contributed by atoms with Crippen molar-refractivity contribution in [2.24, 2.45) is 0 Å². The molecule has 19 heavy (non-hydrogen) atoms. The van der Waals surface area contributed by atoms with Crippen LogP contribution in [0.25, 0.3) is 0 Å². The van der Waals surface area contributed by atoms with Crippen molar-refractivity contribution in [1.29, 1.82) is 0 Å². The zero-order chi connectivity index (χ0) is 13.8. The fourth-order valence-electron chi connectivity index (χ4n) is 1.62. The predicted octanol–water partition coefficient (Wildman–Crippen LogP) is 2.97. The summed E-state index contributed by atoms with van der Waals surface area (Å²) in [5.41, 5.74) is 0.638. The van der Waals surface area contributed by atoms with Gasteiger partial charge in [-0.05, 0) is 46.9 Å². The average molecular weight is 368 g/mol. The van der Waals surface area contributed by atoms with E-state index in [1.54, 1.807) is 38.4 Å². The first-order chi connectivity index (χ1) is 9.11. The van der Waals surface area contributed by atoms with E-state index in [9.17, 15) is 4.79 Å². The Kier molecular flexibility index (Phi) is 4.36. The van der Waals surface area contributed by atoms with Crippen LogP contribution >= 0.6 is 22.6 Å². The SMILES string of the molecule is COc1cccc(N(C)C(=O)c2cccc(I)c2)n1. The molecule has 98 valence electrons. The third-order valence-electron chi connectivity index (χ3n) is 2.64. The number of nitrogens with zero attached hydrogens (tertiary/aromatic N) is 2. The van der Waals surface area contributed by atoms with Crippen LogP contribution in [0, 0.1) is 3.57 Å². The van der Waals surface area contributed by atoms with Gasteiger partial charge in [0.2, 0.25) is 5.88 Å². The summed E-state index contributed by atoms with van der Waals surface area (Å²) in [6, 6.07) is 12.8. The number of carbonyl (C=O) groups excluding carboxylic acids is 1. The van der Waals surface area contributed by atoms with Gasteiger partial charge >= 0.3 is 0 Å². The molecule has 1 aromatic heterocycles. The van der Waals surface area contributed by atoms with Crippen LogP contribution in [0.1, 0.15) is 10.4 Å². The smallest absolute Gasteiger partial charge is 0.259 e. The average Bonchev–Trinajstić information content (AvgIpc) is 2.45. The van der Waals surface area contributed by atoms with E-state index in [0.717, 1.165) is 3.57 Å². The molecule has 0 aliphatic heterocycles. The van der Waals surface area contributed by atoms with Gasteiger partial charge in [-0.25, -0.2) is 0 Å². The molecule has 0 aliphatic carbocycles. The number of hydrogen-bond acceptors (Lipinski definition) is 3. The summed E-state index contributed by atoms with van der Waals surface area (Å²) in [6.07, 6.45) is 0. The van der Waals surface area contributed by atoms with Crippen LogP contribution in [-0.2, 0) is 0 Å². The number of anilines is 1. The molecular formula is C14H13IN2O2. The highest BCUT2D eigenvalue weighted by molar-refractivity contribution is 14.1. The third kappa shape index (κ3) is 3.23. The monoisotopic (exact) mass is 368 g/mol. The summed E-state index contributed by atoms with van der Waals surface area (Å²) in [4.78, 5) is 18.1. The van der Waals surface area contributed by atoms with Crippen molar-refractivity contribution in [1.82, 2.24) is 4.98 Å². The van der Waals surface area contributed by atoms with Crippen molar-refractivity contribution < 1.29 is 9.53 Å². The predicted molar refractivity (Wildman–Crippen MR) is 82.7 cm³/mol. The number of halogens is 1. The van der Waals surface area contributed by atoms with E-state index < -0.39 is 0 Å². The van der Waals surface area contributed by atoms with E-state index >= 15 is 0 Å². The molecule has 5 heteroatoms. The van der Waals surface area contributed by atoms with Crippen molar-refractivity contribution in [2.75, 3.05) is 19.1 Å². The van der Waals surface area contributed by atoms with Crippen LogP contribution in [0.2, 0.25) is 0 Å². The second kappa shape index (κ2) is 6.01. The molecule has 1 heterocycles. The molecular weight excluding hydrogens is 355 g/mol. The molecule has 0 saturated carbocycles. The Labute approximate surface area is 125 Å². The number of aromatic nitrogens is 1. The molecule has 0 aliphatic rings. The number of ether oxygens (including phenoxy) is 1. The van der Waals surface area contributed by atoms with Crippen LogP contribution in [0.4, 0.5) is 5.82 Å². The lowest BCUT2D eigenvalue weighted by molar-refractivity contribution is 0.0992. The minimum atomic E-state index is -0.0979. The maximum Gasteiger partial charge on any atom is 0.259 e. The highest BCUT2D eigenvalue weighted by Gasteiger charge is 2.15. The Morgan fingerprint density at radius 1 is 1.26 bits per heavy atom. The second-order valence-electron chi connectivity index (χ2n) is 3.91. The Bertz CT molecular complexity index is 602. The van der Waals surface area contributed by atoms with Crippen LogP contribution in [0.5, 0.6) is 5.88 Å². The summed E-state index contributed by atoms with van der Waals surface area (Å²) >= 11 is 2.18. The fraction of sp³-hybridized carbons (Fsp3) is 0.143. The Morgan fingerprint density at radius 3 is 2.68 bits per heavy atom. The van der Waals surface area contributed by atoms with Gasteiger partial charge in [0.15, 0.2) is 0 Å². The normalized spacial score (nSPS) is 10.1. The number of rotatable bonds is 3. The molecule has 0 unspecified atom stereocenters. The first-order valence-corrected chi connectivity index (χ1v) is 6.74. The molecule has 0 bridgehead atoms. The van der Waals surface area contributed by atoms with Crippen molar-refractivity contribution in [3.63, 3.8) is 0 Å². The van der Waals surface area contributed by atoms with E-state index in [2.05, 4.69) is 27.6 Å². The number of methoxy groups -OCH3 is 1. The van der Waals surface area contributed by atoms with Crippen molar-refractivity contribution in [3.8, 4) is 5.88 Å². The molecule has 0 radical (unpaired) electrons. The summed E-state index contributed by atoms with van der Waals surface area (Å²) in [7, 11) is 3.25. The highest BCUT2D eigenvalue weighted by atomic mass is 127. The van der Waals surface area contributed by atoms with Crippen LogP contribution in [-0.4, -0.2) is 25.0 Å². The number of amides is 1. The Morgan fingerprint density at radius 2 is 2.00 bits per heavy atom. The zero-order valence-corrected chi connectivity index (χ0v) is 12.8. The van der Waals surface area contributed by atoms with E-state index in [1.165, 1.54) is 4.90 Å². The number of carbonyl (C=O) groups is 1. The lowest BCUT2D eigenvalue weighted by Crippen LogP contribution is -2.27. The summed E-state index contributed by atoms with van der Waals surface area (Å²) < 4.78 is 6.08. The van der Waals surface area contributed by atoms with Gasteiger partial charge in [-0.1, -0.05) is 12.1 Å². The van der Waals surface area contributed by atoms with Crippen molar-refractivity contribution in [3.05, 3.63) is 51.6 Å². The molecule has 4 nitrogen and oxygen atoms in total. The molecule has 0 N–H and O–H groups in total. The molecule has 1 aromatic carbocycles. The Hall–Kier alpha value is -1.63. The van der Waals surface area contributed by atoms with Gasteiger partial charge in [0.05, 0.1) is 7.11 Å². The minimum absolute atomic E-state index is 0.0979. The number of benzene rings is 1. The molecule has 2 rings (SSSR count). The molecule has 2 aromatic rings. The first kappa shape index (κ1) is 13.8. The van der Waals surface area contributed by atoms with E-state index in [0.29, 0.717) is 17.3 Å². The summed E-state index contributed by atoms with van der Waals surface area (Å²) in [6.45, 7) is 0. The largest absolute Gasteiger partial charge is 0.481 e. The van der Waals surface area contributed by atoms with Gasteiger partial charge in [0, 0.05) is 22.2 Å². The maximum atomic E-state index is 12.3. The van der Waals surface area contributed by atoms with Gasteiger partial charge in [-0.15, -0.1) is 0 Å². The zero-order valence-electron chi connectivity index (χ0n) is 10.6. The van der Waals surface area contributed by atoms with Gasteiger partial charge in [0.25, 0.3) is 5.91 Å². The van der Waals surface area contributed by atoms with Crippen LogP contribution in [0.3, 0.4) is 0 Å². The minimum Gasteiger partial charge on any atom is -0.481 e. The van der Waals surface area contributed by atoms with E-state index in [1.807, 2.05) is 18.2 Å². The standard InChI is InChI=1S/C14H13IN2O2/c1-17(12-7-4-8-13(16-12)19-2)14(18)10-5-3-6-11(15)9-10/h3-9H,1-2H3. The topological polar surface area (TPSA) is 42.4 Å². The van der Waals surface area contributed by atoms with Gasteiger partial charge in [0.1, 0.15) is 5.82 Å². The van der Waals surface area contributed by atoms with E-state index in [4.69, 9.17) is 4.74 Å². The molecule has 1 amide bonds. The quantitative estimate of drug-likeness (QED) is 0.783. The lowest BCUT2D eigenvalue weighted by atomic mass is 10.2. The summed E-state index contributed by atoms with van der Waals surface area (Å²) in [5, 5.41) is 0. The molecule has 0 atom stereocenters. The van der Waals surface area contributed by atoms with Crippen LogP contribution < -0.4 is 9.64 Å². The summed E-state index contributed by atoms with van der Waals surface area (Å²) in [5.74, 6) is 0.947. The second-order valence-corrected chi connectivity index (χ2v) is 5.16. The lowest BCUT2D eigenvalue weighted by Gasteiger charge is -2.16. The molecule has 0 spiro atoms. The molecule has 0 saturated heterocycles. The van der Waals surface area contributed by atoms with Crippen molar-refractivity contribution >= 4 is 34.3 Å². The maximum absolute atomic E-state index is 12.3. The van der Waals surface area contributed by atoms with Gasteiger partial charge < -0.3 is 4.74 Å². The molecule has 0 fully saturated rings. The first-order valence-electron chi connectivity index (χ1n) is 5.66. The number of pyridine rings is 1.